The first-order valence-electron chi connectivity index (χ1n) is 3.95. The van der Waals surface area contributed by atoms with Gasteiger partial charge in [-0.3, -0.25) is 4.98 Å². The zero-order valence-electron chi connectivity index (χ0n) is 7.54. The molecule has 1 rings (SSSR count). The highest BCUT2D eigenvalue weighted by Crippen LogP contribution is 2.17. The number of carbonyl (C=O) groups is 1. The van der Waals surface area contributed by atoms with E-state index in [2.05, 4.69) is 15.0 Å². The fourth-order valence-electron chi connectivity index (χ4n) is 0.895. The lowest BCUT2D eigenvalue weighted by molar-refractivity contribution is 0.0527. The van der Waals surface area contributed by atoms with E-state index >= 15 is 0 Å². The normalized spacial score (nSPS) is 8.93. The van der Waals surface area contributed by atoms with Crippen LogP contribution in [0.4, 0.5) is 5.69 Å². The van der Waals surface area contributed by atoms with Crippen LogP contribution in [0.3, 0.4) is 0 Å². The van der Waals surface area contributed by atoms with Crippen molar-refractivity contribution in [3.63, 3.8) is 0 Å². The SMILES string of the molecule is CCOC(=O)c1ccncc1N=[N+]=[N-]. The Balaban J connectivity index is 3.06. The smallest absolute Gasteiger partial charge is 0.338 e. The summed E-state index contributed by atoms with van der Waals surface area (Å²) in [6.07, 6.45) is 2.74. The van der Waals surface area contributed by atoms with Gasteiger partial charge in [0.25, 0.3) is 0 Å². The van der Waals surface area contributed by atoms with Crippen LogP contribution in [0, 0.1) is 0 Å². The quantitative estimate of drug-likeness (QED) is 0.318. The van der Waals surface area contributed by atoms with E-state index in [4.69, 9.17) is 10.3 Å². The molecule has 0 unspecified atom stereocenters. The van der Waals surface area contributed by atoms with Crippen LogP contribution in [0.5, 0.6) is 0 Å². The standard InChI is InChI=1S/C8H8N4O2/c1-2-14-8(13)6-3-4-10-5-7(6)11-12-9/h3-5H,2H2,1H3. The Bertz CT molecular complexity index is 385. The molecule has 0 bridgehead atoms. The van der Waals surface area contributed by atoms with Crippen molar-refractivity contribution in [2.75, 3.05) is 6.61 Å². The van der Waals surface area contributed by atoms with Crippen molar-refractivity contribution >= 4 is 11.7 Å². The van der Waals surface area contributed by atoms with Gasteiger partial charge in [0.15, 0.2) is 0 Å². The van der Waals surface area contributed by atoms with Crippen molar-refractivity contribution in [3.8, 4) is 0 Å². The molecule has 0 fully saturated rings. The summed E-state index contributed by atoms with van der Waals surface area (Å²) in [5, 5.41) is 3.33. The molecule has 0 amide bonds. The third-order valence-electron chi connectivity index (χ3n) is 1.45. The van der Waals surface area contributed by atoms with Crippen LogP contribution in [-0.4, -0.2) is 17.6 Å². The highest BCUT2D eigenvalue weighted by molar-refractivity contribution is 5.94. The number of aromatic nitrogens is 1. The number of rotatable bonds is 3. The summed E-state index contributed by atoms with van der Waals surface area (Å²) in [7, 11) is 0. The van der Waals surface area contributed by atoms with Gasteiger partial charge in [0.05, 0.1) is 17.9 Å². The van der Waals surface area contributed by atoms with Gasteiger partial charge in [-0.25, -0.2) is 4.79 Å². The van der Waals surface area contributed by atoms with Crippen molar-refractivity contribution < 1.29 is 9.53 Å². The molecule has 72 valence electrons. The molecule has 6 nitrogen and oxygen atoms in total. The molecule has 0 saturated heterocycles. The molecular formula is C8H8N4O2. The lowest BCUT2D eigenvalue weighted by Gasteiger charge is -2.02. The number of carbonyl (C=O) groups excluding carboxylic acids is 1. The second kappa shape index (κ2) is 4.84. The van der Waals surface area contributed by atoms with Gasteiger partial charge in [-0.05, 0) is 18.5 Å². The van der Waals surface area contributed by atoms with Crippen molar-refractivity contribution in [1.82, 2.24) is 4.98 Å². The number of pyridine rings is 1. The predicted molar refractivity (Wildman–Crippen MR) is 49.0 cm³/mol. The van der Waals surface area contributed by atoms with E-state index in [9.17, 15) is 4.79 Å². The average molecular weight is 192 g/mol. The van der Waals surface area contributed by atoms with Crippen LogP contribution in [-0.2, 0) is 4.74 Å². The number of ether oxygens (including phenoxy) is 1. The van der Waals surface area contributed by atoms with Gasteiger partial charge in [-0.1, -0.05) is 5.11 Å². The van der Waals surface area contributed by atoms with E-state index in [1.807, 2.05) is 0 Å². The number of azide groups is 1. The number of hydrogen-bond donors (Lipinski definition) is 0. The largest absolute Gasteiger partial charge is 0.462 e. The van der Waals surface area contributed by atoms with Gasteiger partial charge in [-0.15, -0.1) is 0 Å². The lowest BCUT2D eigenvalue weighted by Crippen LogP contribution is -2.04. The number of esters is 1. The van der Waals surface area contributed by atoms with Gasteiger partial charge < -0.3 is 4.74 Å². The molecule has 0 aliphatic heterocycles. The third kappa shape index (κ3) is 2.21. The molecule has 6 heteroatoms. The second-order valence-electron chi connectivity index (χ2n) is 2.30. The van der Waals surface area contributed by atoms with Gasteiger partial charge in [0.2, 0.25) is 0 Å². The van der Waals surface area contributed by atoms with E-state index in [-0.39, 0.29) is 17.9 Å². The van der Waals surface area contributed by atoms with E-state index < -0.39 is 5.97 Å². The minimum Gasteiger partial charge on any atom is -0.462 e. The maximum atomic E-state index is 11.3. The van der Waals surface area contributed by atoms with Crippen LogP contribution >= 0.6 is 0 Å². The van der Waals surface area contributed by atoms with Gasteiger partial charge in [-0.2, -0.15) is 0 Å². The van der Waals surface area contributed by atoms with Crippen LogP contribution in [0.2, 0.25) is 0 Å². The van der Waals surface area contributed by atoms with Crippen molar-refractivity contribution in [2.24, 2.45) is 5.11 Å². The van der Waals surface area contributed by atoms with Crippen LogP contribution < -0.4 is 0 Å². The average Bonchev–Trinajstić information content (AvgIpc) is 2.19. The molecule has 0 saturated carbocycles. The molecule has 1 heterocycles. The first kappa shape index (κ1) is 10.0. The Morgan fingerprint density at radius 2 is 2.57 bits per heavy atom. The Labute approximate surface area is 80.2 Å². The lowest BCUT2D eigenvalue weighted by atomic mass is 10.2. The molecule has 1 aromatic rings. The summed E-state index contributed by atoms with van der Waals surface area (Å²) in [5.74, 6) is -0.516. The molecule has 0 radical (unpaired) electrons. The summed E-state index contributed by atoms with van der Waals surface area (Å²) >= 11 is 0. The van der Waals surface area contributed by atoms with E-state index in [0.717, 1.165) is 0 Å². The zero-order valence-corrected chi connectivity index (χ0v) is 7.54. The van der Waals surface area contributed by atoms with Crippen molar-refractivity contribution in [3.05, 3.63) is 34.5 Å². The second-order valence-corrected chi connectivity index (χ2v) is 2.30. The third-order valence-corrected chi connectivity index (χ3v) is 1.45. The molecular weight excluding hydrogens is 184 g/mol. The summed E-state index contributed by atoms with van der Waals surface area (Å²) < 4.78 is 4.76. The molecule has 0 N–H and O–H groups in total. The van der Waals surface area contributed by atoms with Gasteiger partial charge >= 0.3 is 5.97 Å². The van der Waals surface area contributed by atoms with Crippen molar-refractivity contribution in [1.29, 1.82) is 0 Å². The molecule has 0 aliphatic carbocycles. The van der Waals surface area contributed by atoms with E-state index in [1.54, 1.807) is 6.92 Å². The predicted octanol–water partition coefficient (Wildman–Crippen LogP) is 2.20. The van der Waals surface area contributed by atoms with E-state index in [1.165, 1.54) is 18.5 Å². The maximum Gasteiger partial charge on any atom is 0.338 e. The molecule has 14 heavy (non-hydrogen) atoms. The summed E-state index contributed by atoms with van der Waals surface area (Å²) in [5.41, 5.74) is 8.63. The highest BCUT2D eigenvalue weighted by Gasteiger charge is 2.10. The summed E-state index contributed by atoms with van der Waals surface area (Å²) in [6.45, 7) is 1.98. The highest BCUT2D eigenvalue weighted by atomic mass is 16.5. The summed E-state index contributed by atoms with van der Waals surface area (Å²) in [4.78, 5) is 17.6. The van der Waals surface area contributed by atoms with Crippen molar-refractivity contribution in [2.45, 2.75) is 6.92 Å². The molecule has 1 aromatic heterocycles. The van der Waals surface area contributed by atoms with Gasteiger partial charge in [0, 0.05) is 17.3 Å². The topological polar surface area (TPSA) is 88.0 Å². The Morgan fingerprint density at radius 1 is 1.79 bits per heavy atom. The zero-order chi connectivity index (χ0) is 10.4. The Hall–Kier alpha value is -2.07. The first-order chi connectivity index (χ1) is 6.79. The molecule has 0 atom stereocenters. The maximum absolute atomic E-state index is 11.3. The number of nitrogens with zero attached hydrogens (tertiary/aromatic N) is 4. The molecule has 0 aliphatic rings. The summed E-state index contributed by atoms with van der Waals surface area (Å²) in [6, 6.07) is 1.45. The minimum atomic E-state index is -0.516. The number of hydrogen-bond acceptors (Lipinski definition) is 4. The fourth-order valence-corrected chi connectivity index (χ4v) is 0.895. The molecule has 0 spiro atoms. The van der Waals surface area contributed by atoms with Crippen LogP contribution in [0.1, 0.15) is 17.3 Å². The minimum absolute atomic E-state index is 0.174. The fraction of sp³-hybridized carbons (Fsp3) is 0.250. The Kier molecular flexibility index (Phi) is 3.46. The first-order valence-corrected chi connectivity index (χ1v) is 3.95. The van der Waals surface area contributed by atoms with E-state index in [0.29, 0.717) is 0 Å². The molecule has 0 aromatic carbocycles. The Morgan fingerprint density at radius 3 is 3.21 bits per heavy atom. The van der Waals surface area contributed by atoms with Crippen LogP contribution in [0.25, 0.3) is 10.4 Å². The van der Waals surface area contributed by atoms with Gasteiger partial charge in [0.1, 0.15) is 0 Å². The monoisotopic (exact) mass is 192 g/mol. The van der Waals surface area contributed by atoms with Crippen LogP contribution in [0.15, 0.2) is 23.6 Å².